The van der Waals surface area contributed by atoms with E-state index in [2.05, 4.69) is 26.0 Å². The summed E-state index contributed by atoms with van der Waals surface area (Å²) in [7, 11) is 1.66. The second-order valence-electron chi connectivity index (χ2n) is 4.57. The predicted octanol–water partition coefficient (Wildman–Crippen LogP) is 4.00. The van der Waals surface area contributed by atoms with Gasteiger partial charge in [0.1, 0.15) is 12.4 Å². The van der Waals surface area contributed by atoms with E-state index in [1.54, 1.807) is 24.3 Å². The number of methoxy groups -OCH3 is 1. The Kier molecular flexibility index (Phi) is 3.90. The highest BCUT2D eigenvalue weighted by Crippen LogP contribution is 2.24. The highest BCUT2D eigenvalue weighted by molar-refractivity contribution is 9.10. The van der Waals surface area contributed by atoms with Crippen LogP contribution in [0.5, 0.6) is 0 Å². The quantitative estimate of drug-likeness (QED) is 0.715. The molecule has 6 heteroatoms. The van der Waals surface area contributed by atoms with Crippen LogP contribution in [0.25, 0.3) is 17.1 Å². The van der Waals surface area contributed by atoms with Gasteiger partial charge >= 0.3 is 0 Å². The van der Waals surface area contributed by atoms with Crippen LogP contribution in [0, 0.1) is 0 Å². The molecular formula is C15H14BrN3O2. The number of benzene rings is 1. The summed E-state index contributed by atoms with van der Waals surface area (Å²) in [6.07, 6.45) is 3.07. The molecule has 2 heterocycles. The first-order valence-electron chi connectivity index (χ1n) is 6.47. The lowest BCUT2D eigenvalue weighted by molar-refractivity contribution is 0.110. The van der Waals surface area contributed by atoms with Crippen LogP contribution in [-0.4, -0.2) is 21.9 Å². The Bertz CT molecular complexity index is 720. The highest BCUT2D eigenvalue weighted by Gasteiger charge is 2.18. The van der Waals surface area contributed by atoms with Crippen molar-refractivity contribution in [2.75, 3.05) is 7.11 Å². The molecule has 0 unspecified atom stereocenters. The van der Waals surface area contributed by atoms with Gasteiger partial charge in [-0.05, 0) is 37.3 Å². The summed E-state index contributed by atoms with van der Waals surface area (Å²) in [5, 5.41) is 4.57. The Balaban J connectivity index is 2.11. The molecule has 0 saturated carbocycles. The minimum atomic E-state index is -0.165. The lowest BCUT2D eigenvalue weighted by Crippen LogP contribution is -2.07. The molecule has 0 saturated heterocycles. The maximum atomic E-state index is 5.40. The molecule has 1 atom stereocenters. The first-order valence-corrected chi connectivity index (χ1v) is 7.26. The van der Waals surface area contributed by atoms with Crippen LogP contribution in [0.3, 0.4) is 0 Å². The molecule has 0 N–H and O–H groups in total. The molecule has 5 nitrogen and oxygen atoms in total. The van der Waals surface area contributed by atoms with E-state index in [4.69, 9.17) is 9.15 Å². The average Bonchev–Trinajstić information content (AvgIpc) is 3.16. The van der Waals surface area contributed by atoms with Gasteiger partial charge in [0.15, 0.2) is 11.6 Å². The van der Waals surface area contributed by atoms with Crippen LogP contribution in [-0.2, 0) is 4.74 Å². The molecule has 0 fully saturated rings. The zero-order valence-corrected chi connectivity index (χ0v) is 13.2. The lowest BCUT2D eigenvalue weighted by Gasteiger charge is -2.10. The van der Waals surface area contributed by atoms with Crippen LogP contribution >= 0.6 is 15.9 Å². The third kappa shape index (κ3) is 2.77. The van der Waals surface area contributed by atoms with Crippen molar-refractivity contribution < 1.29 is 9.15 Å². The van der Waals surface area contributed by atoms with E-state index in [1.165, 1.54) is 0 Å². The van der Waals surface area contributed by atoms with Gasteiger partial charge in [-0.3, -0.25) is 0 Å². The number of ether oxygens (including phenoxy) is 1. The molecular weight excluding hydrogens is 334 g/mol. The van der Waals surface area contributed by atoms with Crippen molar-refractivity contribution in [3.8, 4) is 17.1 Å². The summed E-state index contributed by atoms with van der Waals surface area (Å²) in [5.41, 5.74) is 1.77. The van der Waals surface area contributed by atoms with Gasteiger partial charge in [-0.2, -0.15) is 0 Å². The van der Waals surface area contributed by atoms with E-state index < -0.39 is 0 Å². The van der Waals surface area contributed by atoms with Crippen LogP contribution in [0.4, 0.5) is 0 Å². The largest absolute Gasteiger partial charge is 0.472 e. The van der Waals surface area contributed by atoms with Crippen molar-refractivity contribution in [2.24, 2.45) is 0 Å². The monoisotopic (exact) mass is 347 g/mol. The van der Waals surface area contributed by atoms with Crippen molar-refractivity contribution >= 4 is 15.9 Å². The van der Waals surface area contributed by atoms with Gasteiger partial charge in [0.05, 0.1) is 17.5 Å². The number of nitrogens with zero attached hydrogens (tertiary/aromatic N) is 3. The number of furan rings is 1. The van der Waals surface area contributed by atoms with E-state index in [0.717, 1.165) is 21.5 Å². The molecule has 0 aliphatic carbocycles. The molecule has 3 rings (SSSR count). The molecule has 0 spiro atoms. The molecule has 0 aliphatic heterocycles. The summed E-state index contributed by atoms with van der Waals surface area (Å²) in [6, 6.07) is 9.72. The number of halogens is 1. The SMILES string of the molecule is CO[C@@H](C)c1nc(-c2ccoc2)nn1-c1ccc(Br)cc1. The Hall–Kier alpha value is -1.92. The number of rotatable bonds is 4. The Morgan fingerprint density at radius 1 is 1.24 bits per heavy atom. The minimum absolute atomic E-state index is 0.165. The molecule has 108 valence electrons. The topological polar surface area (TPSA) is 53.1 Å². The summed E-state index contributed by atoms with van der Waals surface area (Å²) < 4.78 is 13.3. The second kappa shape index (κ2) is 5.83. The summed E-state index contributed by atoms with van der Waals surface area (Å²) in [6.45, 7) is 1.94. The molecule has 0 bridgehead atoms. The zero-order valence-electron chi connectivity index (χ0n) is 11.7. The summed E-state index contributed by atoms with van der Waals surface area (Å²) in [4.78, 5) is 4.58. The van der Waals surface area contributed by atoms with E-state index in [0.29, 0.717) is 5.82 Å². The van der Waals surface area contributed by atoms with Gasteiger partial charge in [0, 0.05) is 11.6 Å². The van der Waals surface area contributed by atoms with Crippen LogP contribution in [0.2, 0.25) is 0 Å². The Morgan fingerprint density at radius 2 is 2.00 bits per heavy atom. The fourth-order valence-electron chi connectivity index (χ4n) is 1.98. The fraction of sp³-hybridized carbons (Fsp3) is 0.200. The maximum absolute atomic E-state index is 5.40. The summed E-state index contributed by atoms with van der Waals surface area (Å²) >= 11 is 3.43. The van der Waals surface area contributed by atoms with Gasteiger partial charge in [-0.25, -0.2) is 9.67 Å². The molecule has 3 aromatic rings. The third-order valence-corrected chi connectivity index (χ3v) is 3.73. The Labute approximate surface area is 130 Å². The van der Waals surface area contributed by atoms with E-state index in [-0.39, 0.29) is 6.10 Å². The second-order valence-corrected chi connectivity index (χ2v) is 5.49. The molecule has 0 radical (unpaired) electrons. The zero-order chi connectivity index (χ0) is 14.8. The number of hydrogen-bond donors (Lipinski definition) is 0. The van der Waals surface area contributed by atoms with E-state index >= 15 is 0 Å². The average molecular weight is 348 g/mol. The van der Waals surface area contributed by atoms with Crippen molar-refractivity contribution in [3.63, 3.8) is 0 Å². The molecule has 21 heavy (non-hydrogen) atoms. The van der Waals surface area contributed by atoms with Crippen LogP contribution < -0.4 is 0 Å². The fourth-order valence-corrected chi connectivity index (χ4v) is 2.24. The van der Waals surface area contributed by atoms with Crippen molar-refractivity contribution in [1.29, 1.82) is 0 Å². The number of hydrogen-bond acceptors (Lipinski definition) is 4. The van der Waals surface area contributed by atoms with Crippen molar-refractivity contribution in [3.05, 3.63) is 53.2 Å². The summed E-state index contributed by atoms with van der Waals surface area (Å²) in [5.74, 6) is 1.36. The van der Waals surface area contributed by atoms with E-state index in [9.17, 15) is 0 Å². The Morgan fingerprint density at radius 3 is 2.62 bits per heavy atom. The van der Waals surface area contributed by atoms with Gasteiger partial charge in [-0.15, -0.1) is 5.10 Å². The standard InChI is InChI=1S/C15H14BrN3O2/c1-10(20-2)15-17-14(11-7-8-21-9-11)18-19(15)13-5-3-12(16)4-6-13/h3-10H,1-2H3/t10-/m0/s1. The lowest BCUT2D eigenvalue weighted by atomic mass is 10.3. The van der Waals surface area contributed by atoms with Gasteiger partial charge < -0.3 is 9.15 Å². The maximum Gasteiger partial charge on any atom is 0.185 e. The molecule has 1 aromatic carbocycles. The predicted molar refractivity (Wildman–Crippen MR) is 82.2 cm³/mol. The minimum Gasteiger partial charge on any atom is -0.472 e. The van der Waals surface area contributed by atoms with Gasteiger partial charge in [0.2, 0.25) is 0 Å². The van der Waals surface area contributed by atoms with Gasteiger partial charge in [-0.1, -0.05) is 15.9 Å². The highest BCUT2D eigenvalue weighted by atomic mass is 79.9. The first-order chi connectivity index (χ1) is 10.2. The van der Waals surface area contributed by atoms with Crippen molar-refractivity contribution in [1.82, 2.24) is 14.8 Å². The molecule has 2 aromatic heterocycles. The smallest absolute Gasteiger partial charge is 0.185 e. The third-order valence-electron chi connectivity index (χ3n) is 3.20. The van der Waals surface area contributed by atoms with Gasteiger partial charge in [0.25, 0.3) is 0 Å². The van der Waals surface area contributed by atoms with Crippen molar-refractivity contribution in [2.45, 2.75) is 13.0 Å². The number of aromatic nitrogens is 3. The molecule has 0 amide bonds. The first kappa shape index (κ1) is 14.0. The molecule has 0 aliphatic rings. The van der Waals surface area contributed by atoms with Crippen LogP contribution in [0.15, 0.2) is 51.7 Å². The normalized spacial score (nSPS) is 12.5. The van der Waals surface area contributed by atoms with E-state index in [1.807, 2.05) is 37.3 Å². The van der Waals surface area contributed by atoms with Crippen LogP contribution in [0.1, 0.15) is 18.9 Å².